The van der Waals surface area contributed by atoms with Crippen LogP contribution in [0.25, 0.3) is 0 Å². The average molecular weight is 367 g/mol. The summed E-state index contributed by atoms with van der Waals surface area (Å²) in [5.41, 5.74) is 4.46. The SMILES string of the molecule is COCC(C)Oc1ccc2c(c1)C(c1ccnc(N3CCOCC3)c1)=NC2. The minimum absolute atomic E-state index is 0.00342. The Kier molecular flexibility index (Phi) is 5.36. The van der Waals surface area contributed by atoms with Gasteiger partial charge in [-0.05, 0) is 36.8 Å². The number of rotatable bonds is 6. The molecule has 2 aliphatic heterocycles. The van der Waals surface area contributed by atoms with Crippen LogP contribution >= 0.6 is 0 Å². The number of nitrogens with zero attached hydrogens (tertiary/aromatic N) is 3. The molecular formula is C21H25N3O3. The van der Waals surface area contributed by atoms with E-state index in [4.69, 9.17) is 19.2 Å². The smallest absolute Gasteiger partial charge is 0.129 e. The summed E-state index contributed by atoms with van der Waals surface area (Å²) in [6.45, 7) is 6.50. The molecule has 6 heteroatoms. The number of benzene rings is 1. The lowest BCUT2D eigenvalue weighted by molar-refractivity contribution is 0.0921. The highest BCUT2D eigenvalue weighted by molar-refractivity contribution is 6.15. The maximum absolute atomic E-state index is 5.97. The van der Waals surface area contributed by atoms with Crippen molar-refractivity contribution in [2.24, 2.45) is 4.99 Å². The summed E-state index contributed by atoms with van der Waals surface area (Å²) in [5.74, 6) is 1.82. The molecule has 2 aromatic rings. The minimum Gasteiger partial charge on any atom is -0.488 e. The zero-order valence-electron chi connectivity index (χ0n) is 15.9. The first-order valence-electron chi connectivity index (χ1n) is 9.37. The predicted octanol–water partition coefficient (Wildman–Crippen LogP) is 2.68. The van der Waals surface area contributed by atoms with Gasteiger partial charge in [-0.15, -0.1) is 0 Å². The van der Waals surface area contributed by atoms with Gasteiger partial charge in [0.1, 0.15) is 17.7 Å². The van der Waals surface area contributed by atoms with Crippen LogP contribution in [0.5, 0.6) is 5.75 Å². The van der Waals surface area contributed by atoms with Crippen molar-refractivity contribution in [1.29, 1.82) is 0 Å². The number of hydrogen-bond acceptors (Lipinski definition) is 6. The van der Waals surface area contributed by atoms with Gasteiger partial charge in [-0.2, -0.15) is 0 Å². The van der Waals surface area contributed by atoms with E-state index in [9.17, 15) is 0 Å². The molecule has 1 unspecified atom stereocenters. The van der Waals surface area contributed by atoms with Gasteiger partial charge in [-0.25, -0.2) is 4.98 Å². The minimum atomic E-state index is 0.00342. The van der Waals surface area contributed by atoms with Crippen LogP contribution in [0.2, 0.25) is 0 Å². The Morgan fingerprint density at radius 1 is 1.19 bits per heavy atom. The molecule has 0 radical (unpaired) electrons. The van der Waals surface area contributed by atoms with E-state index in [2.05, 4.69) is 28.1 Å². The van der Waals surface area contributed by atoms with Gasteiger partial charge in [-0.3, -0.25) is 4.99 Å². The summed E-state index contributed by atoms with van der Waals surface area (Å²) in [7, 11) is 1.68. The third kappa shape index (κ3) is 3.96. The number of ether oxygens (including phenoxy) is 3. The number of aliphatic imine (C=N–C) groups is 1. The maximum atomic E-state index is 5.97. The first kappa shape index (κ1) is 17.9. The molecule has 1 atom stereocenters. The number of aromatic nitrogens is 1. The van der Waals surface area contributed by atoms with Gasteiger partial charge in [0.2, 0.25) is 0 Å². The molecule has 1 saturated heterocycles. The summed E-state index contributed by atoms with van der Waals surface area (Å²) in [6.07, 6.45) is 1.87. The van der Waals surface area contributed by atoms with Crippen molar-refractivity contribution in [2.45, 2.75) is 19.6 Å². The molecule has 2 aliphatic rings. The van der Waals surface area contributed by atoms with Crippen LogP contribution in [-0.2, 0) is 16.0 Å². The van der Waals surface area contributed by atoms with Crippen LogP contribution in [0.1, 0.15) is 23.6 Å². The van der Waals surface area contributed by atoms with Crippen molar-refractivity contribution >= 4 is 11.5 Å². The standard InChI is InChI=1S/C21H25N3O3/c1-15(14-25-2)27-18-4-3-17-13-23-21(19(17)12-18)16-5-6-22-20(11-16)24-7-9-26-10-8-24/h3-6,11-12,15H,7-10,13-14H2,1-2H3. The third-order valence-corrected chi connectivity index (χ3v) is 4.84. The van der Waals surface area contributed by atoms with Gasteiger partial charge in [0.25, 0.3) is 0 Å². The fourth-order valence-electron chi connectivity index (χ4n) is 3.52. The largest absolute Gasteiger partial charge is 0.488 e. The molecular weight excluding hydrogens is 342 g/mol. The van der Waals surface area contributed by atoms with Crippen molar-refractivity contribution in [3.05, 3.63) is 53.2 Å². The number of anilines is 1. The fourth-order valence-corrected chi connectivity index (χ4v) is 3.52. The average Bonchev–Trinajstić information content (AvgIpc) is 3.12. The highest BCUT2D eigenvalue weighted by atomic mass is 16.5. The van der Waals surface area contributed by atoms with Gasteiger partial charge < -0.3 is 19.1 Å². The van der Waals surface area contributed by atoms with E-state index >= 15 is 0 Å². The van der Waals surface area contributed by atoms with E-state index in [1.54, 1.807) is 7.11 Å². The van der Waals surface area contributed by atoms with Gasteiger partial charge in [0.15, 0.2) is 0 Å². The van der Waals surface area contributed by atoms with Crippen LogP contribution < -0.4 is 9.64 Å². The molecule has 0 N–H and O–H groups in total. The van der Waals surface area contributed by atoms with Gasteiger partial charge in [0.05, 0.1) is 32.1 Å². The molecule has 3 heterocycles. The van der Waals surface area contributed by atoms with Crippen LogP contribution in [0.4, 0.5) is 5.82 Å². The monoisotopic (exact) mass is 367 g/mol. The summed E-state index contributed by atoms with van der Waals surface area (Å²) >= 11 is 0. The van der Waals surface area contributed by atoms with Crippen LogP contribution in [0.3, 0.4) is 0 Å². The van der Waals surface area contributed by atoms with Gasteiger partial charge >= 0.3 is 0 Å². The molecule has 142 valence electrons. The summed E-state index contributed by atoms with van der Waals surface area (Å²) < 4.78 is 16.6. The van der Waals surface area contributed by atoms with Crippen LogP contribution in [-0.4, -0.2) is 56.8 Å². The number of methoxy groups -OCH3 is 1. The van der Waals surface area contributed by atoms with E-state index in [-0.39, 0.29) is 6.10 Å². The number of hydrogen-bond donors (Lipinski definition) is 0. The zero-order chi connectivity index (χ0) is 18.6. The second-order valence-corrected chi connectivity index (χ2v) is 6.87. The Labute approximate surface area is 159 Å². The second kappa shape index (κ2) is 8.06. The third-order valence-electron chi connectivity index (χ3n) is 4.84. The Hall–Kier alpha value is -2.44. The Balaban J connectivity index is 1.58. The summed E-state index contributed by atoms with van der Waals surface area (Å²) in [4.78, 5) is 11.6. The lowest BCUT2D eigenvalue weighted by atomic mass is 10.0. The molecule has 0 spiro atoms. The van der Waals surface area contributed by atoms with Crippen molar-refractivity contribution in [3.8, 4) is 5.75 Å². The molecule has 0 bridgehead atoms. The number of fused-ring (bicyclic) bond motifs is 1. The van der Waals surface area contributed by atoms with Gasteiger partial charge in [0, 0.05) is 37.5 Å². The molecule has 1 aromatic heterocycles. The van der Waals surface area contributed by atoms with Crippen LogP contribution in [0.15, 0.2) is 41.5 Å². The lowest BCUT2D eigenvalue weighted by Crippen LogP contribution is -2.36. The lowest BCUT2D eigenvalue weighted by Gasteiger charge is -2.28. The first-order chi connectivity index (χ1) is 13.2. The Morgan fingerprint density at radius 3 is 2.85 bits per heavy atom. The van der Waals surface area contributed by atoms with E-state index in [0.717, 1.165) is 54.7 Å². The highest BCUT2D eigenvalue weighted by Gasteiger charge is 2.20. The second-order valence-electron chi connectivity index (χ2n) is 6.87. The quantitative estimate of drug-likeness (QED) is 0.786. The van der Waals surface area contributed by atoms with E-state index in [1.807, 2.05) is 25.3 Å². The van der Waals surface area contributed by atoms with Crippen LogP contribution in [0, 0.1) is 0 Å². The predicted molar refractivity (Wildman–Crippen MR) is 105 cm³/mol. The summed E-state index contributed by atoms with van der Waals surface area (Å²) in [6, 6.07) is 10.3. The number of morpholine rings is 1. The zero-order valence-corrected chi connectivity index (χ0v) is 15.9. The van der Waals surface area contributed by atoms with Crippen molar-refractivity contribution in [2.75, 3.05) is 44.9 Å². The summed E-state index contributed by atoms with van der Waals surface area (Å²) in [5, 5.41) is 0. The molecule has 27 heavy (non-hydrogen) atoms. The normalized spacial score (nSPS) is 17.4. The fraction of sp³-hybridized carbons (Fsp3) is 0.429. The Morgan fingerprint density at radius 2 is 2.04 bits per heavy atom. The molecule has 6 nitrogen and oxygen atoms in total. The maximum Gasteiger partial charge on any atom is 0.129 e. The highest BCUT2D eigenvalue weighted by Crippen LogP contribution is 2.28. The molecule has 1 aromatic carbocycles. The van der Waals surface area contributed by atoms with E-state index in [1.165, 1.54) is 5.56 Å². The van der Waals surface area contributed by atoms with Crippen molar-refractivity contribution < 1.29 is 14.2 Å². The van der Waals surface area contributed by atoms with E-state index in [0.29, 0.717) is 13.2 Å². The molecule has 0 amide bonds. The van der Waals surface area contributed by atoms with E-state index < -0.39 is 0 Å². The molecule has 4 rings (SSSR count). The number of pyridine rings is 1. The molecule has 1 fully saturated rings. The van der Waals surface area contributed by atoms with Crippen molar-refractivity contribution in [1.82, 2.24) is 4.98 Å². The van der Waals surface area contributed by atoms with Crippen molar-refractivity contribution in [3.63, 3.8) is 0 Å². The molecule has 0 saturated carbocycles. The first-order valence-corrected chi connectivity index (χ1v) is 9.37. The van der Waals surface area contributed by atoms with Gasteiger partial charge in [-0.1, -0.05) is 6.07 Å². The topological polar surface area (TPSA) is 56.2 Å². The molecule has 0 aliphatic carbocycles. The Bertz CT molecular complexity index is 831.